The molecule has 0 unspecified atom stereocenters. The van der Waals surface area contributed by atoms with Crippen LogP contribution in [0.3, 0.4) is 0 Å². The van der Waals surface area contributed by atoms with Gasteiger partial charge in [0, 0.05) is 19.6 Å². The molecule has 2 fully saturated rings. The zero-order valence-electron chi connectivity index (χ0n) is 11.6. The molecule has 4 heteroatoms. The van der Waals surface area contributed by atoms with Crippen molar-refractivity contribution in [1.29, 1.82) is 0 Å². The second-order valence-corrected chi connectivity index (χ2v) is 5.69. The summed E-state index contributed by atoms with van der Waals surface area (Å²) in [5, 5.41) is 12.3. The first-order chi connectivity index (χ1) is 8.79. The molecule has 1 saturated carbocycles. The third-order valence-electron chi connectivity index (χ3n) is 4.35. The molecule has 0 aromatic rings. The molecule has 0 aromatic carbocycles. The first-order valence-corrected chi connectivity index (χ1v) is 7.44. The Morgan fingerprint density at radius 2 is 2.06 bits per heavy atom. The Labute approximate surface area is 110 Å². The summed E-state index contributed by atoms with van der Waals surface area (Å²) in [5.41, 5.74) is 0.563. The van der Waals surface area contributed by atoms with Crippen molar-refractivity contribution in [2.24, 2.45) is 10.4 Å². The molecule has 0 aromatic heterocycles. The van der Waals surface area contributed by atoms with Gasteiger partial charge >= 0.3 is 0 Å². The second-order valence-electron chi connectivity index (χ2n) is 5.69. The lowest BCUT2D eigenvalue weighted by atomic mass is 9.73. The van der Waals surface area contributed by atoms with E-state index in [-0.39, 0.29) is 6.61 Å². The van der Waals surface area contributed by atoms with Gasteiger partial charge in [0.05, 0.1) is 13.2 Å². The summed E-state index contributed by atoms with van der Waals surface area (Å²) in [6, 6.07) is 0. The number of nitrogens with zero attached hydrogens (tertiary/aromatic N) is 2. The van der Waals surface area contributed by atoms with Crippen molar-refractivity contribution in [3.05, 3.63) is 0 Å². The van der Waals surface area contributed by atoms with E-state index in [1.807, 2.05) is 0 Å². The number of rotatable bonds is 3. The third kappa shape index (κ3) is 3.16. The van der Waals surface area contributed by atoms with Gasteiger partial charge in [0.15, 0.2) is 5.96 Å². The van der Waals surface area contributed by atoms with E-state index in [0.717, 1.165) is 25.6 Å². The largest absolute Gasteiger partial charge is 0.394 e. The van der Waals surface area contributed by atoms with E-state index in [9.17, 15) is 0 Å². The number of likely N-dealkylation sites (tertiary alicyclic amines) is 1. The molecular formula is C14H27N3O. The fourth-order valence-corrected chi connectivity index (χ4v) is 3.41. The predicted molar refractivity (Wildman–Crippen MR) is 74.8 cm³/mol. The van der Waals surface area contributed by atoms with Gasteiger partial charge in [-0.1, -0.05) is 19.3 Å². The van der Waals surface area contributed by atoms with Gasteiger partial charge in [0.25, 0.3) is 0 Å². The van der Waals surface area contributed by atoms with Crippen molar-refractivity contribution in [3.63, 3.8) is 0 Å². The molecule has 104 valence electrons. The zero-order valence-corrected chi connectivity index (χ0v) is 11.6. The van der Waals surface area contributed by atoms with E-state index in [4.69, 9.17) is 5.11 Å². The molecule has 2 N–H and O–H groups in total. The number of guanidine groups is 1. The van der Waals surface area contributed by atoms with Gasteiger partial charge in [-0.25, -0.2) is 0 Å². The van der Waals surface area contributed by atoms with Crippen LogP contribution in [0.4, 0.5) is 0 Å². The molecule has 0 radical (unpaired) electrons. The summed E-state index contributed by atoms with van der Waals surface area (Å²) in [7, 11) is 0. The molecule has 18 heavy (non-hydrogen) atoms. The van der Waals surface area contributed by atoms with Crippen LogP contribution in [0.15, 0.2) is 4.99 Å². The van der Waals surface area contributed by atoms with Crippen LogP contribution in [0.5, 0.6) is 0 Å². The highest BCUT2D eigenvalue weighted by molar-refractivity contribution is 5.80. The van der Waals surface area contributed by atoms with Crippen molar-refractivity contribution in [2.75, 3.05) is 32.8 Å². The molecule has 0 bridgehead atoms. The van der Waals surface area contributed by atoms with Gasteiger partial charge in [-0.3, -0.25) is 4.99 Å². The van der Waals surface area contributed by atoms with Gasteiger partial charge in [-0.15, -0.1) is 0 Å². The van der Waals surface area contributed by atoms with Crippen LogP contribution in [-0.2, 0) is 0 Å². The summed E-state index contributed by atoms with van der Waals surface area (Å²) in [5.74, 6) is 0.994. The molecule has 0 atom stereocenters. The quantitative estimate of drug-likeness (QED) is 0.593. The van der Waals surface area contributed by atoms with Gasteiger partial charge in [0.1, 0.15) is 0 Å². The van der Waals surface area contributed by atoms with Gasteiger partial charge in [0.2, 0.25) is 0 Å². The Bertz CT molecular complexity index is 285. The smallest absolute Gasteiger partial charge is 0.194 e. The molecule has 1 heterocycles. The van der Waals surface area contributed by atoms with Crippen molar-refractivity contribution >= 4 is 5.96 Å². The minimum Gasteiger partial charge on any atom is -0.394 e. The SMILES string of the molecule is CCNC(=NCCO)N1CCC2(CCCCC2)C1. The molecule has 1 saturated heterocycles. The topological polar surface area (TPSA) is 47.9 Å². The third-order valence-corrected chi connectivity index (χ3v) is 4.35. The molecule has 2 rings (SSSR count). The van der Waals surface area contributed by atoms with Crippen molar-refractivity contribution in [3.8, 4) is 0 Å². The lowest BCUT2D eigenvalue weighted by Crippen LogP contribution is -2.41. The van der Waals surface area contributed by atoms with Crippen molar-refractivity contribution in [1.82, 2.24) is 10.2 Å². The first-order valence-electron chi connectivity index (χ1n) is 7.44. The van der Waals surface area contributed by atoms with Crippen LogP contribution < -0.4 is 5.32 Å². The Kier molecular flexibility index (Phi) is 4.87. The summed E-state index contributed by atoms with van der Waals surface area (Å²) >= 11 is 0. The molecular weight excluding hydrogens is 226 g/mol. The minimum atomic E-state index is 0.133. The average molecular weight is 253 g/mol. The van der Waals surface area contributed by atoms with Crippen LogP contribution in [0.2, 0.25) is 0 Å². The van der Waals surface area contributed by atoms with Crippen LogP contribution >= 0.6 is 0 Å². The van der Waals surface area contributed by atoms with E-state index in [2.05, 4.69) is 22.1 Å². The standard InChI is InChI=1S/C14H27N3O/c1-2-15-13(16-9-11-18)17-10-8-14(12-17)6-4-3-5-7-14/h18H,2-12H2,1H3,(H,15,16). The Morgan fingerprint density at radius 1 is 1.28 bits per heavy atom. The zero-order chi connectivity index (χ0) is 12.8. The Morgan fingerprint density at radius 3 is 2.72 bits per heavy atom. The monoisotopic (exact) mass is 253 g/mol. The normalized spacial score (nSPS) is 23.7. The number of nitrogens with one attached hydrogen (secondary N) is 1. The Balaban J connectivity index is 1.96. The van der Waals surface area contributed by atoms with Gasteiger partial charge < -0.3 is 15.3 Å². The fourth-order valence-electron chi connectivity index (χ4n) is 3.41. The first kappa shape index (κ1) is 13.7. The van der Waals surface area contributed by atoms with Gasteiger partial charge in [-0.2, -0.15) is 0 Å². The highest BCUT2D eigenvalue weighted by Crippen LogP contribution is 2.43. The number of aliphatic imine (C=N–C) groups is 1. The van der Waals surface area contributed by atoms with Crippen LogP contribution in [0.25, 0.3) is 0 Å². The maximum atomic E-state index is 8.92. The highest BCUT2D eigenvalue weighted by atomic mass is 16.3. The summed E-state index contributed by atoms with van der Waals surface area (Å²) < 4.78 is 0. The minimum absolute atomic E-state index is 0.133. The number of hydrogen-bond acceptors (Lipinski definition) is 2. The van der Waals surface area contributed by atoms with E-state index < -0.39 is 0 Å². The van der Waals surface area contributed by atoms with E-state index >= 15 is 0 Å². The average Bonchev–Trinajstić information content (AvgIpc) is 2.79. The van der Waals surface area contributed by atoms with E-state index in [0.29, 0.717) is 12.0 Å². The maximum absolute atomic E-state index is 8.92. The lowest BCUT2D eigenvalue weighted by Gasteiger charge is -2.33. The molecule has 1 spiro atoms. The molecule has 1 aliphatic carbocycles. The predicted octanol–water partition coefficient (Wildman–Crippen LogP) is 1.60. The maximum Gasteiger partial charge on any atom is 0.194 e. The number of aliphatic hydroxyl groups is 1. The van der Waals surface area contributed by atoms with E-state index in [1.54, 1.807) is 0 Å². The summed E-state index contributed by atoms with van der Waals surface area (Å²) in [6.45, 7) is 5.91. The fraction of sp³-hybridized carbons (Fsp3) is 0.929. The lowest BCUT2D eigenvalue weighted by molar-refractivity contribution is 0.203. The van der Waals surface area contributed by atoms with E-state index in [1.165, 1.54) is 38.5 Å². The molecule has 4 nitrogen and oxygen atoms in total. The van der Waals surface area contributed by atoms with Gasteiger partial charge in [-0.05, 0) is 31.6 Å². The van der Waals surface area contributed by atoms with Crippen molar-refractivity contribution in [2.45, 2.75) is 45.4 Å². The van der Waals surface area contributed by atoms with Crippen LogP contribution in [0, 0.1) is 5.41 Å². The Hall–Kier alpha value is -0.770. The summed E-state index contributed by atoms with van der Waals surface area (Å²) in [4.78, 5) is 6.87. The molecule has 2 aliphatic rings. The summed E-state index contributed by atoms with van der Waals surface area (Å²) in [6.07, 6.45) is 8.32. The molecule has 0 amide bonds. The highest BCUT2D eigenvalue weighted by Gasteiger charge is 2.39. The molecule has 1 aliphatic heterocycles. The van der Waals surface area contributed by atoms with Crippen molar-refractivity contribution < 1.29 is 5.11 Å². The number of aliphatic hydroxyl groups excluding tert-OH is 1. The van der Waals surface area contributed by atoms with Crippen LogP contribution in [-0.4, -0.2) is 48.8 Å². The number of hydrogen-bond donors (Lipinski definition) is 2. The second kappa shape index (κ2) is 6.41. The van der Waals surface area contributed by atoms with Crippen LogP contribution in [0.1, 0.15) is 45.4 Å².